The van der Waals surface area contributed by atoms with E-state index in [0.717, 1.165) is 23.1 Å². The van der Waals surface area contributed by atoms with Crippen LogP contribution in [-0.4, -0.2) is 22.5 Å². The first-order valence-corrected chi connectivity index (χ1v) is 10.3. The van der Waals surface area contributed by atoms with E-state index < -0.39 is 0 Å². The Morgan fingerprint density at radius 1 is 1.00 bits per heavy atom. The molecule has 4 aromatic rings. The zero-order valence-electron chi connectivity index (χ0n) is 17.1. The third-order valence-corrected chi connectivity index (χ3v) is 5.85. The van der Waals surface area contributed by atoms with Crippen molar-refractivity contribution in [1.82, 2.24) is 10.1 Å². The van der Waals surface area contributed by atoms with Gasteiger partial charge in [0.2, 0.25) is 0 Å². The fourth-order valence-electron chi connectivity index (χ4n) is 4.35. The Morgan fingerprint density at radius 2 is 1.71 bits per heavy atom. The summed E-state index contributed by atoms with van der Waals surface area (Å²) in [5.41, 5.74) is 4.98. The van der Waals surface area contributed by atoms with Crippen molar-refractivity contribution in [1.29, 1.82) is 0 Å². The molecule has 2 heterocycles. The number of aromatic nitrogens is 1. The summed E-state index contributed by atoms with van der Waals surface area (Å²) < 4.78 is 19.1. The summed E-state index contributed by atoms with van der Waals surface area (Å²) in [6, 6.07) is 23.8. The van der Waals surface area contributed by atoms with Crippen LogP contribution in [0, 0.1) is 12.7 Å². The van der Waals surface area contributed by atoms with E-state index in [1.807, 2.05) is 53.4 Å². The summed E-state index contributed by atoms with van der Waals surface area (Å²) in [6.45, 7) is 2.31. The van der Waals surface area contributed by atoms with Gasteiger partial charge >= 0.3 is 0 Å². The summed E-state index contributed by atoms with van der Waals surface area (Å²) >= 11 is 0. The molecule has 0 saturated carbocycles. The molecule has 1 amide bonds. The Bertz CT molecular complexity index is 1230. The van der Waals surface area contributed by atoms with E-state index in [-0.39, 0.29) is 17.8 Å². The van der Waals surface area contributed by atoms with Crippen LogP contribution in [0.5, 0.6) is 0 Å². The van der Waals surface area contributed by atoms with Gasteiger partial charge < -0.3 is 9.42 Å². The minimum absolute atomic E-state index is 0.138. The van der Waals surface area contributed by atoms with Crippen LogP contribution in [0.25, 0.3) is 11.3 Å². The SMILES string of the molecule is Cc1onc(-c2ccccc2)c1C(=O)N1CCc2ccccc2[C@@H]1c1ccc(F)cc1. The van der Waals surface area contributed by atoms with E-state index >= 15 is 0 Å². The van der Waals surface area contributed by atoms with Crippen LogP contribution in [0.2, 0.25) is 0 Å². The monoisotopic (exact) mass is 412 g/mol. The van der Waals surface area contributed by atoms with Gasteiger partial charge in [0, 0.05) is 12.1 Å². The van der Waals surface area contributed by atoms with Crippen molar-refractivity contribution in [3.63, 3.8) is 0 Å². The highest BCUT2D eigenvalue weighted by Gasteiger charge is 2.35. The van der Waals surface area contributed by atoms with E-state index in [1.165, 1.54) is 17.7 Å². The molecule has 31 heavy (non-hydrogen) atoms. The van der Waals surface area contributed by atoms with Crippen molar-refractivity contribution in [2.75, 3.05) is 6.54 Å². The van der Waals surface area contributed by atoms with Gasteiger partial charge in [-0.3, -0.25) is 4.79 Å². The zero-order valence-corrected chi connectivity index (χ0v) is 17.1. The third kappa shape index (κ3) is 3.42. The molecule has 0 radical (unpaired) electrons. The molecule has 1 aliphatic heterocycles. The number of nitrogens with zero attached hydrogens (tertiary/aromatic N) is 2. The molecule has 154 valence electrons. The number of halogens is 1. The number of carbonyl (C=O) groups excluding carboxylic acids is 1. The predicted octanol–water partition coefficient (Wildman–Crippen LogP) is 5.58. The van der Waals surface area contributed by atoms with Crippen molar-refractivity contribution < 1.29 is 13.7 Å². The van der Waals surface area contributed by atoms with Crippen molar-refractivity contribution in [2.45, 2.75) is 19.4 Å². The molecule has 0 aliphatic carbocycles. The molecule has 5 heteroatoms. The molecule has 1 atom stereocenters. The molecular formula is C26H21FN2O2. The topological polar surface area (TPSA) is 46.3 Å². The van der Waals surface area contributed by atoms with E-state index in [0.29, 0.717) is 23.6 Å². The number of hydrogen-bond acceptors (Lipinski definition) is 3. The maximum Gasteiger partial charge on any atom is 0.260 e. The first-order chi connectivity index (χ1) is 15.1. The zero-order chi connectivity index (χ0) is 21.4. The standard InChI is InChI=1S/C26H21FN2O2/c1-17-23(24(28-31-17)19-8-3-2-4-9-19)26(30)29-16-15-18-7-5-6-10-22(18)25(29)20-11-13-21(27)14-12-20/h2-14,25H,15-16H2,1H3/t25-/m0/s1. The molecule has 5 rings (SSSR count). The molecular weight excluding hydrogens is 391 g/mol. The minimum atomic E-state index is -0.309. The average molecular weight is 412 g/mol. The lowest BCUT2D eigenvalue weighted by atomic mass is 9.87. The first-order valence-electron chi connectivity index (χ1n) is 10.3. The highest BCUT2D eigenvalue weighted by Crippen LogP contribution is 2.37. The Morgan fingerprint density at radius 3 is 2.48 bits per heavy atom. The van der Waals surface area contributed by atoms with Crippen LogP contribution in [0.15, 0.2) is 83.4 Å². The second kappa shape index (κ2) is 7.84. The highest BCUT2D eigenvalue weighted by molar-refractivity contribution is 6.01. The van der Waals surface area contributed by atoms with Gasteiger partial charge in [-0.1, -0.05) is 71.9 Å². The van der Waals surface area contributed by atoms with Crippen molar-refractivity contribution in [2.24, 2.45) is 0 Å². The normalized spacial score (nSPS) is 15.5. The summed E-state index contributed by atoms with van der Waals surface area (Å²) in [5, 5.41) is 4.18. The first kappa shape index (κ1) is 19.2. The largest absolute Gasteiger partial charge is 0.360 e. The van der Waals surface area contributed by atoms with Gasteiger partial charge in [0.25, 0.3) is 5.91 Å². The van der Waals surface area contributed by atoms with Crippen LogP contribution in [0.4, 0.5) is 4.39 Å². The number of amides is 1. The lowest BCUT2D eigenvalue weighted by Crippen LogP contribution is -2.41. The van der Waals surface area contributed by atoms with Gasteiger partial charge in [0.1, 0.15) is 22.8 Å². The molecule has 0 spiro atoms. The van der Waals surface area contributed by atoms with Gasteiger partial charge in [-0.25, -0.2) is 4.39 Å². The average Bonchev–Trinajstić information content (AvgIpc) is 3.20. The number of hydrogen-bond donors (Lipinski definition) is 0. The van der Waals surface area contributed by atoms with Crippen LogP contribution >= 0.6 is 0 Å². The highest BCUT2D eigenvalue weighted by atomic mass is 19.1. The number of benzene rings is 3. The van der Waals surface area contributed by atoms with Crippen LogP contribution < -0.4 is 0 Å². The summed E-state index contributed by atoms with van der Waals surface area (Å²) in [6.07, 6.45) is 0.755. The van der Waals surface area contributed by atoms with E-state index in [9.17, 15) is 9.18 Å². The molecule has 0 N–H and O–H groups in total. The predicted molar refractivity (Wildman–Crippen MR) is 116 cm³/mol. The smallest absolute Gasteiger partial charge is 0.260 e. The number of carbonyl (C=O) groups is 1. The molecule has 0 saturated heterocycles. The van der Waals surface area contributed by atoms with Gasteiger partial charge in [-0.2, -0.15) is 0 Å². The molecule has 0 bridgehead atoms. The molecule has 0 fully saturated rings. The molecule has 4 nitrogen and oxygen atoms in total. The van der Waals surface area contributed by atoms with E-state index in [1.54, 1.807) is 19.1 Å². The fraction of sp³-hybridized carbons (Fsp3) is 0.154. The summed E-state index contributed by atoms with van der Waals surface area (Å²) in [4.78, 5) is 15.7. The van der Waals surface area contributed by atoms with Crippen LogP contribution in [-0.2, 0) is 6.42 Å². The molecule has 1 aromatic heterocycles. The molecule has 3 aromatic carbocycles. The second-order valence-corrected chi connectivity index (χ2v) is 7.73. The summed E-state index contributed by atoms with van der Waals surface area (Å²) in [5.74, 6) is 0.0500. The Labute approximate surface area is 179 Å². The third-order valence-electron chi connectivity index (χ3n) is 5.85. The van der Waals surface area contributed by atoms with Crippen molar-refractivity contribution in [3.05, 3.63) is 113 Å². The minimum Gasteiger partial charge on any atom is -0.360 e. The van der Waals surface area contributed by atoms with Gasteiger partial charge in [-0.15, -0.1) is 0 Å². The maximum atomic E-state index is 13.9. The Hall–Kier alpha value is -3.73. The van der Waals surface area contributed by atoms with Crippen LogP contribution in [0.1, 0.15) is 38.9 Å². The van der Waals surface area contributed by atoms with Crippen molar-refractivity contribution >= 4 is 5.91 Å². The van der Waals surface area contributed by atoms with Gasteiger partial charge in [0.15, 0.2) is 0 Å². The van der Waals surface area contributed by atoms with Gasteiger partial charge in [0.05, 0.1) is 6.04 Å². The van der Waals surface area contributed by atoms with E-state index in [4.69, 9.17) is 4.52 Å². The molecule has 1 aliphatic rings. The lowest BCUT2D eigenvalue weighted by Gasteiger charge is -2.37. The van der Waals surface area contributed by atoms with Crippen molar-refractivity contribution in [3.8, 4) is 11.3 Å². The van der Waals surface area contributed by atoms with Gasteiger partial charge in [-0.05, 0) is 42.2 Å². The fourth-order valence-corrected chi connectivity index (χ4v) is 4.35. The lowest BCUT2D eigenvalue weighted by molar-refractivity contribution is 0.0693. The van der Waals surface area contributed by atoms with E-state index in [2.05, 4.69) is 11.2 Å². The number of aryl methyl sites for hydroxylation is 1. The summed E-state index contributed by atoms with van der Waals surface area (Å²) in [7, 11) is 0. The quantitative estimate of drug-likeness (QED) is 0.441. The van der Waals surface area contributed by atoms with Crippen LogP contribution in [0.3, 0.4) is 0 Å². The maximum absolute atomic E-state index is 13.9. The Kier molecular flexibility index (Phi) is 4.86. The number of fused-ring (bicyclic) bond motifs is 1. The molecule has 0 unspecified atom stereocenters. The second-order valence-electron chi connectivity index (χ2n) is 7.73. The Balaban J connectivity index is 1.62. The number of rotatable bonds is 3.